The van der Waals surface area contributed by atoms with Gasteiger partial charge in [0, 0.05) is 11.4 Å². The van der Waals surface area contributed by atoms with E-state index in [2.05, 4.69) is 15.5 Å². The van der Waals surface area contributed by atoms with E-state index in [4.69, 9.17) is 4.74 Å². The summed E-state index contributed by atoms with van der Waals surface area (Å²) in [6, 6.07) is 13.0. The average Bonchev–Trinajstić information content (AvgIpc) is 3.03. The van der Waals surface area contributed by atoms with E-state index in [1.165, 1.54) is 36.3 Å². The third kappa shape index (κ3) is 4.04. The molecule has 0 saturated carbocycles. The van der Waals surface area contributed by atoms with Crippen LogP contribution in [0.25, 0.3) is 0 Å². The minimum absolute atomic E-state index is 0.254. The molecule has 0 bridgehead atoms. The number of rotatable bonds is 6. The first kappa shape index (κ1) is 16.7. The quantitative estimate of drug-likeness (QED) is 0.624. The predicted molar refractivity (Wildman–Crippen MR) is 96.9 cm³/mol. The van der Waals surface area contributed by atoms with Crippen molar-refractivity contribution in [1.29, 1.82) is 0 Å². The fourth-order valence-corrected chi connectivity index (χ4v) is 3.80. The van der Waals surface area contributed by atoms with E-state index in [0.717, 1.165) is 26.3 Å². The van der Waals surface area contributed by atoms with Crippen LogP contribution in [0.3, 0.4) is 0 Å². The highest BCUT2D eigenvalue weighted by Gasteiger charge is 2.08. The maximum absolute atomic E-state index is 13.7. The Balaban J connectivity index is 1.62. The molecule has 3 rings (SSSR count). The fourth-order valence-electron chi connectivity index (χ4n) is 2.09. The van der Waals surface area contributed by atoms with E-state index in [1.54, 1.807) is 6.07 Å². The number of aromatic nitrogens is 2. The molecule has 1 N–H and O–H groups in total. The maximum atomic E-state index is 13.7. The molecule has 0 aliphatic rings. The van der Waals surface area contributed by atoms with Gasteiger partial charge in [0.1, 0.15) is 0 Å². The van der Waals surface area contributed by atoms with Crippen molar-refractivity contribution in [3.05, 3.63) is 59.4 Å². The first-order valence-corrected chi connectivity index (χ1v) is 9.07. The normalized spacial score (nSPS) is 10.6. The molecular formula is C17H16FN3OS2. The third-order valence-corrected chi connectivity index (χ3v) is 5.41. The summed E-state index contributed by atoms with van der Waals surface area (Å²) >= 11 is 3.01. The molecule has 3 aromatic rings. The Labute approximate surface area is 148 Å². The summed E-state index contributed by atoms with van der Waals surface area (Å²) in [5.41, 5.74) is 3.04. The van der Waals surface area contributed by atoms with Gasteiger partial charge >= 0.3 is 0 Å². The topological polar surface area (TPSA) is 47.0 Å². The van der Waals surface area contributed by atoms with Crippen LogP contribution in [0.4, 0.5) is 15.2 Å². The second-order valence-corrected chi connectivity index (χ2v) is 7.27. The van der Waals surface area contributed by atoms with Gasteiger partial charge in [-0.25, -0.2) is 4.39 Å². The summed E-state index contributed by atoms with van der Waals surface area (Å²) < 4.78 is 19.4. The Morgan fingerprint density at radius 2 is 2.04 bits per heavy atom. The number of nitrogens with one attached hydrogen (secondary N) is 1. The molecule has 0 unspecified atom stereocenters. The Kier molecular flexibility index (Phi) is 5.32. The van der Waals surface area contributed by atoms with Crippen molar-refractivity contribution < 1.29 is 9.13 Å². The van der Waals surface area contributed by atoms with Gasteiger partial charge < -0.3 is 10.1 Å². The van der Waals surface area contributed by atoms with E-state index in [1.807, 2.05) is 37.3 Å². The first-order valence-electron chi connectivity index (χ1n) is 7.27. The van der Waals surface area contributed by atoms with Crippen molar-refractivity contribution in [1.82, 2.24) is 10.2 Å². The second kappa shape index (κ2) is 7.63. The summed E-state index contributed by atoms with van der Waals surface area (Å²) in [4.78, 5) is 0. The Bertz CT molecular complexity index is 838. The number of methoxy groups -OCH3 is 1. The Morgan fingerprint density at radius 3 is 2.79 bits per heavy atom. The Hall–Kier alpha value is -2.12. The summed E-state index contributed by atoms with van der Waals surface area (Å²) in [7, 11) is 1.46. The van der Waals surface area contributed by atoms with Crippen LogP contribution in [-0.4, -0.2) is 17.3 Å². The van der Waals surface area contributed by atoms with Gasteiger partial charge in [0.15, 0.2) is 15.9 Å². The number of anilines is 2. The number of benzene rings is 2. The van der Waals surface area contributed by atoms with Crippen LogP contribution in [0, 0.1) is 12.7 Å². The SMILES string of the molecule is COc1ccc(CSc2nnc(Nc3ccccc3C)s2)cc1F. The number of ether oxygens (including phenoxy) is 1. The van der Waals surface area contributed by atoms with Crippen molar-refractivity contribution >= 4 is 33.9 Å². The molecule has 0 atom stereocenters. The minimum Gasteiger partial charge on any atom is -0.494 e. The molecule has 0 saturated heterocycles. The maximum Gasteiger partial charge on any atom is 0.210 e. The van der Waals surface area contributed by atoms with Gasteiger partial charge in [-0.3, -0.25) is 0 Å². The summed E-state index contributed by atoms with van der Waals surface area (Å²) in [6.07, 6.45) is 0. The van der Waals surface area contributed by atoms with Crippen LogP contribution in [0.5, 0.6) is 5.75 Å². The number of aryl methyl sites for hydroxylation is 1. The number of nitrogens with zero attached hydrogens (tertiary/aromatic N) is 2. The molecular weight excluding hydrogens is 345 g/mol. The van der Waals surface area contributed by atoms with Crippen molar-refractivity contribution in [2.45, 2.75) is 17.0 Å². The molecule has 0 fully saturated rings. The lowest BCUT2D eigenvalue weighted by atomic mass is 10.2. The second-order valence-electron chi connectivity index (χ2n) is 5.07. The predicted octanol–water partition coefficient (Wildman–Crippen LogP) is 5.03. The zero-order valence-electron chi connectivity index (χ0n) is 13.2. The van der Waals surface area contributed by atoms with Gasteiger partial charge in [0.2, 0.25) is 5.13 Å². The molecule has 0 aliphatic carbocycles. The van der Waals surface area contributed by atoms with E-state index in [9.17, 15) is 4.39 Å². The van der Waals surface area contributed by atoms with Crippen LogP contribution in [0.15, 0.2) is 46.8 Å². The molecule has 0 spiro atoms. The monoisotopic (exact) mass is 361 g/mol. The summed E-state index contributed by atoms with van der Waals surface area (Å²) in [5.74, 6) is 0.527. The average molecular weight is 361 g/mol. The van der Waals surface area contributed by atoms with Crippen molar-refractivity contribution in [3.63, 3.8) is 0 Å². The van der Waals surface area contributed by atoms with Gasteiger partial charge in [-0.1, -0.05) is 47.4 Å². The van der Waals surface area contributed by atoms with E-state index in [0.29, 0.717) is 5.75 Å². The number of hydrogen-bond donors (Lipinski definition) is 1. The lowest BCUT2D eigenvalue weighted by molar-refractivity contribution is 0.386. The van der Waals surface area contributed by atoms with Gasteiger partial charge in [-0.05, 0) is 36.2 Å². The van der Waals surface area contributed by atoms with Crippen molar-refractivity contribution in [3.8, 4) is 5.75 Å². The number of halogens is 1. The zero-order valence-corrected chi connectivity index (χ0v) is 14.9. The number of hydrogen-bond acceptors (Lipinski definition) is 6. The highest BCUT2D eigenvalue weighted by atomic mass is 32.2. The van der Waals surface area contributed by atoms with Gasteiger partial charge in [0.25, 0.3) is 0 Å². The van der Waals surface area contributed by atoms with E-state index in [-0.39, 0.29) is 11.6 Å². The molecule has 1 aromatic heterocycles. The van der Waals surface area contributed by atoms with Crippen molar-refractivity contribution in [2.24, 2.45) is 0 Å². The zero-order chi connectivity index (χ0) is 16.9. The largest absolute Gasteiger partial charge is 0.494 e. The number of thioether (sulfide) groups is 1. The lowest BCUT2D eigenvalue weighted by Gasteiger charge is -2.04. The molecule has 7 heteroatoms. The Morgan fingerprint density at radius 1 is 1.21 bits per heavy atom. The van der Waals surface area contributed by atoms with Crippen LogP contribution in [0.2, 0.25) is 0 Å². The highest BCUT2D eigenvalue weighted by Crippen LogP contribution is 2.31. The molecule has 124 valence electrons. The third-order valence-electron chi connectivity index (χ3n) is 3.37. The van der Waals surface area contributed by atoms with E-state index >= 15 is 0 Å². The molecule has 4 nitrogen and oxygen atoms in total. The van der Waals surface area contributed by atoms with Crippen LogP contribution < -0.4 is 10.1 Å². The molecule has 24 heavy (non-hydrogen) atoms. The van der Waals surface area contributed by atoms with Crippen LogP contribution >= 0.6 is 23.1 Å². The molecule has 0 radical (unpaired) electrons. The molecule has 1 heterocycles. The molecule has 2 aromatic carbocycles. The van der Waals surface area contributed by atoms with Crippen molar-refractivity contribution in [2.75, 3.05) is 12.4 Å². The lowest BCUT2D eigenvalue weighted by Crippen LogP contribution is -1.91. The van der Waals surface area contributed by atoms with Gasteiger partial charge in [-0.2, -0.15) is 0 Å². The highest BCUT2D eigenvalue weighted by molar-refractivity contribution is 8.00. The molecule has 0 amide bonds. The first-order chi connectivity index (χ1) is 11.7. The molecule has 0 aliphatic heterocycles. The van der Waals surface area contributed by atoms with Gasteiger partial charge in [-0.15, -0.1) is 10.2 Å². The number of para-hydroxylation sites is 1. The van der Waals surface area contributed by atoms with Crippen LogP contribution in [-0.2, 0) is 5.75 Å². The van der Waals surface area contributed by atoms with Crippen LogP contribution in [0.1, 0.15) is 11.1 Å². The van der Waals surface area contributed by atoms with E-state index < -0.39 is 0 Å². The fraction of sp³-hybridized carbons (Fsp3) is 0.176. The summed E-state index contributed by atoms with van der Waals surface area (Å²) in [5, 5.41) is 12.3. The summed E-state index contributed by atoms with van der Waals surface area (Å²) in [6.45, 7) is 2.04. The smallest absolute Gasteiger partial charge is 0.210 e. The van der Waals surface area contributed by atoms with Gasteiger partial charge in [0.05, 0.1) is 7.11 Å². The minimum atomic E-state index is -0.352. The standard InChI is InChI=1S/C17H16FN3OS2/c1-11-5-3-4-6-14(11)19-16-20-21-17(24-16)23-10-12-7-8-15(22-2)13(18)9-12/h3-9H,10H2,1-2H3,(H,19,20).